The van der Waals surface area contributed by atoms with Gasteiger partial charge in [-0.3, -0.25) is 44.9 Å². The van der Waals surface area contributed by atoms with Crippen LogP contribution < -0.4 is 0 Å². The van der Waals surface area contributed by atoms with Crippen LogP contribution in [-0.2, 0) is 176 Å². The second kappa shape index (κ2) is 43.9. The number of nitrogens with zero attached hydrogens (tertiary/aromatic N) is 9. The Balaban J connectivity index is 0.000000113. The molecule has 630 valence electrons. The van der Waals surface area contributed by atoms with E-state index in [2.05, 4.69) is 382 Å². The van der Waals surface area contributed by atoms with Gasteiger partial charge < -0.3 is 0 Å². The van der Waals surface area contributed by atoms with E-state index in [0.29, 0.717) is 0 Å². The summed E-state index contributed by atoms with van der Waals surface area (Å²) in [5.74, 6) is 0. The number of hydrogen-bond acceptors (Lipinski definition) is 9. The van der Waals surface area contributed by atoms with Gasteiger partial charge in [-0.1, -0.05) is 54.6 Å². The molecule has 1 aliphatic carbocycles. The van der Waals surface area contributed by atoms with Crippen molar-refractivity contribution < 1.29 is 60.3 Å². The van der Waals surface area contributed by atoms with Crippen LogP contribution in [0.15, 0.2) is 328 Å². The molecule has 6 aliphatic rings. The number of fused-ring (bicyclic) bond motifs is 36. The normalized spacial score (nSPS) is 12.8. The third kappa shape index (κ3) is 25.8. The summed E-state index contributed by atoms with van der Waals surface area (Å²) in [6, 6.07) is 145. The standard InChI is InChI=1S/C21H15.2C20H15N.2C19H15N2.C18H15N3.3Ir/c1-4-16-10-17(5-1)14-19-7-3-9-21(12-19)15-20-8-2-6-18(11-20)13-16;2*1-4-15-10-16-5-2-7-18(12-16)14-20-9-3-8-19(21-20)13-17(6-1)11-15;2*1-4-14-10-15(5-1)12-17-7-3-9-19(21-17)13-18-8-2-6-16(11-14)20-18;1-4-13-10-15-6-2-8-17(20-15)12-18-9-3-7-16(21-18)11-14(5-1)19-13;;;/h1-9H,13-15H2;2*1-9H,10,13-14H2;2*1-9H,11-13H2;1-9H,10-12H2;;;/q-3;2*-2;2*-1;;3*+3. The van der Waals surface area contributed by atoms with Crippen LogP contribution in [0.5, 0.6) is 0 Å². The maximum absolute atomic E-state index is 4.77. The Morgan fingerprint density at radius 3 is 0.279 bits per heavy atom. The summed E-state index contributed by atoms with van der Waals surface area (Å²) in [5, 5.41) is 0. The number of pyridine rings is 9. The topological polar surface area (TPSA) is 116 Å². The molecular weight excluding hydrogens is 2110 g/mol. The van der Waals surface area contributed by atoms with Crippen LogP contribution >= 0.6 is 0 Å². The van der Waals surface area contributed by atoms with E-state index in [0.717, 1.165) is 218 Å². The van der Waals surface area contributed by atoms with Gasteiger partial charge in [0.25, 0.3) is 0 Å². The van der Waals surface area contributed by atoms with Crippen molar-refractivity contribution in [1.82, 2.24) is 44.9 Å². The van der Waals surface area contributed by atoms with Gasteiger partial charge in [0, 0.05) is 135 Å². The molecule has 0 radical (unpaired) electrons. The van der Waals surface area contributed by atoms with Gasteiger partial charge in [-0.2, -0.15) is 319 Å². The largest absolute Gasteiger partial charge is 3.00 e. The van der Waals surface area contributed by atoms with Crippen molar-refractivity contribution in [3.05, 3.63) is 585 Å². The van der Waals surface area contributed by atoms with E-state index in [4.69, 9.17) is 44.9 Å². The Morgan fingerprint density at radius 2 is 0.178 bits per heavy atom. The van der Waals surface area contributed by atoms with Crippen LogP contribution in [0.2, 0.25) is 0 Å². The zero-order valence-electron chi connectivity index (χ0n) is 71.4. The van der Waals surface area contributed by atoms with Crippen molar-refractivity contribution >= 4 is 0 Å². The molecule has 5 aliphatic heterocycles. The molecule has 14 heterocycles. The monoisotopic (exact) mass is 2200 g/mol. The predicted octanol–water partition coefficient (Wildman–Crippen LogP) is 21.4. The first kappa shape index (κ1) is 89.7. The molecule has 0 saturated carbocycles. The van der Waals surface area contributed by atoms with Crippen molar-refractivity contribution in [2.24, 2.45) is 0 Å². The Hall–Kier alpha value is -12.7. The Morgan fingerprint density at radius 1 is 0.101 bits per heavy atom. The fraction of sp³-hybridized carbons (Fsp3) is 0.154. The Bertz CT molecular complexity index is 4870. The number of aromatic nitrogens is 9. The molecule has 0 N–H and O–H groups in total. The number of rotatable bonds is 0. The van der Waals surface area contributed by atoms with Gasteiger partial charge >= 0.3 is 60.3 Å². The molecule has 9 nitrogen and oxygen atoms in total. The molecule has 18 aromatic rings. The fourth-order valence-electron chi connectivity index (χ4n) is 17.0. The van der Waals surface area contributed by atoms with E-state index in [9.17, 15) is 0 Å². The molecule has 0 unspecified atom stereocenters. The Kier molecular flexibility index (Phi) is 30.5. The van der Waals surface area contributed by atoms with E-state index < -0.39 is 0 Å². The number of benzene rings is 9. The summed E-state index contributed by atoms with van der Waals surface area (Å²) >= 11 is 0. The second-order valence-corrected chi connectivity index (χ2v) is 33.1. The minimum Gasteiger partial charge on any atom is -0.257 e. The van der Waals surface area contributed by atoms with E-state index in [1.165, 1.54) is 100 Å². The third-order valence-corrected chi connectivity index (χ3v) is 22.7. The summed E-state index contributed by atoms with van der Waals surface area (Å²) in [4.78, 5) is 42.8. The smallest absolute Gasteiger partial charge is 0.257 e. The molecule has 9 aromatic carbocycles. The van der Waals surface area contributed by atoms with Gasteiger partial charge in [-0.25, -0.2) is 0 Å². The first-order chi connectivity index (χ1) is 62.1. The average Bonchev–Trinajstić information content (AvgIpc) is 0.858. The fourth-order valence-corrected chi connectivity index (χ4v) is 17.0. The minimum atomic E-state index is 0. The van der Waals surface area contributed by atoms with Crippen molar-refractivity contribution in [3.8, 4) is 0 Å². The van der Waals surface area contributed by atoms with Crippen LogP contribution in [0.3, 0.4) is 0 Å². The summed E-state index contributed by atoms with van der Waals surface area (Å²) in [6.07, 6.45) is 15.1. The van der Waals surface area contributed by atoms with Crippen molar-refractivity contribution in [3.63, 3.8) is 0 Å². The van der Waals surface area contributed by atoms with E-state index in [-0.39, 0.29) is 60.3 Å². The Labute approximate surface area is 798 Å². The summed E-state index contributed by atoms with van der Waals surface area (Å²) in [6.45, 7) is 0. The van der Waals surface area contributed by atoms with Gasteiger partial charge in [0.05, 0.1) is 0 Å². The quantitative estimate of drug-likeness (QED) is 0.137. The van der Waals surface area contributed by atoms with Crippen molar-refractivity contribution in [2.45, 2.75) is 116 Å². The van der Waals surface area contributed by atoms with E-state index in [1.807, 2.05) is 0 Å². The molecule has 0 fully saturated rings. The van der Waals surface area contributed by atoms with Crippen molar-refractivity contribution in [1.29, 1.82) is 0 Å². The van der Waals surface area contributed by atoms with Gasteiger partial charge in [-0.05, 0) is 193 Å². The SMILES string of the molecule is [Ir+3].[Ir+3].[Ir+3].[c-]1c2cccc1Cc1[c-]c(ccc1)Cc1[c-]c(ccc1)C2.[c-]1c2cccc1Cc1cccc(n1)Cc1[c-]c(ccc1)C2.[c-]1c2cccc1Cc1cccc(n1)Cc1[c-]c(ccc1)C2.[c-]1c2cccc1Cc1cccc(n1)Cc1cccc(n1)C2.[c-]1c2cccc1Cc1cccc(n1)Cc1cccc(n1)C2.c1cc2nc(c1)Cc1cccc(n1)Cc1cccc(n1)C2. The molecule has 129 heavy (non-hydrogen) atoms. The summed E-state index contributed by atoms with van der Waals surface area (Å²) in [5.41, 5.74) is 41.4. The zero-order chi connectivity index (χ0) is 84.4. The second-order valence-electron chi connectivity index (χ2n) is 33.1. The molecule has 0 atom stereocenters. The number of hydrogen-bond donors (Lipinski definition) is 0. The summed E-state index contributed by atoms with van der Waals surface area (Å²) in [7, 11) is 0. The molecule has 0 saturated heterocycles. The third-order valence-electron chi connectivity index (χ3n) is 22.7. The van der Waals surface area contributed by atoms with Crippen LogP contribution in [0.4, 0.5) is 0 Å². The van der Waals surface area contributed by atoms with E-state index >= 15 is 0 Å². The molecular formula is C117H90Ir3N9. The first-order valence-electron chi connectivity index (χ1n) is 43.6. The maximum Gasteiger partial charge on any atom is 3.00 e. The van der Waals surface area contributed by atoms with Gasteiger partial charge in [-0.15, -0.1) is 0 Å². The van der Waals surface area contributed by atoms with Crippen LogP contribution in [-0.4, -0.2) is 44.9 Å². The summed E-state index contributed by atoms with van der Waals surface area (Å²) < 4.78 is 0. The first-order valence-corrected chi connectivity index (χ1v) is 43.6. The molecule has 12 heteroatoms. The molecule has 24 rings (SSSR count). The van der Waals surface area contributed by atoms with Gasteiger partial charge in [0.15, 0.2) is 0 Å². The van der Waals surface area contributed by atoms with Gasteiger partial charge in [0.2, 0.25) is 0 Å². The average molecular weight is 2200 g/mol. The molecule has 0 amide bonds. The predicted molar refractivity (Wildman–Crippen MR) is 496 cm³/mol. The maximum atomic E-state index is 4.77. The van der Waals surface area contributed by atoms with Crippen LogP contribution in [0.1, 0.15) is 203 Å². The van der Waals surface area contributed by atoms with Crippen LogP contribution in [0.25, 0.3) is 0 Å². The van der Waals surface area contributed by atoms with Crippen molar-refractivity contribution in [2.75, 3.05) is 0 Å². The minimum absolute atomic E-state index is 0. The molecule has 0 spiro atoms. The van der Waals surface area contributed by atoms with Gasteiger partial charge in [0.1, 0.15) is 0 Å². The molecule has 9 aromatic heterocycles. The van der Waals surface area contributed by atoms with Crippen LogP contribution in [0, 0.1) is 54.6 Å². The zero-order valence-corrected chi connectivity index (χ0v) is 78.6. The molecule has 36 bridgehead atoms. The van der Waals surface area contributed by atoms with E-state index in [1.54, 1.807) is 0 Å².